The van der Waals surface area contributed by atoms with Crippen molar-refractivity contribution >= 4 is 5.82 Å². The summed E-state index contributed by atoms with van der Waals surface area (Å²) in [6.45, 7) is 5.95. The standard InChI is InChI=1S/C12H22N4O3/c1-9-11(16-13)14-10(2)15-12(9)19-8-7-18-6-4-5-17-3/h4-8,13H2,1-3H3,(H,14,15,16). The highest BCUT2D eigenvalue weighted by Crippen LogP contribution is 2.20. The van der Waals surface area contributed by atoms with E-state index in [0.717, 1.165) is 12.0 Å². The molecule has 108 valence electrons. The molecule has 1 heterocycles. The van der Waals surface area contributed by atoms with Crippen LogP contribution in [0.3, 0.4) is 0 Å². The summed E-state index contributed by atoms with van der Waals surface area (Å²) in [6.07, 6.45) is 0.878. The zero-order valence-corrected chi connectivity index (χ0v) is 11.7. The van der Waals surface area contributed by atoms with Crippen LogP contribution < -0.4 is 16.0 Å². The summed E-state index contributed by atoms with van der Waals surface area (Å²) in [5, 5.41) is 0. The van der Waals surface area contributed by atoms with Gasteiger partial charge in [0.25, 0.3) is 0 Å². The van der Waals surface area contributed by atoms with Crippen molar-refractivity contribution in [2.45, 2.75) is 20.3 Å². The largest absolute Gasteiger partial charge is 0.475 e. The molecule has 0 unspecified atom stereocenters. The monoisotopic (exact) mass is 270 g/mol. The van der Waals surface area contributed by atoms with Gasteiger partial charge in [0.1, 0.15) is 18.2 Å². The van der Waals surface area contributed by atoms with Crippen molar-refractivity contribution in [3.63, 3.8) is 0 Å². The van der Waals surface area contributed by atoms with Crippen molar-refractivity contribution < 1.29 is 14.2 Å². The van der Waals surface area contributed by atoms with Gasteiger partial charge in [-0.25, -0.2) is 10.8 Å². The van der Waals surface area contributed by atoms with Crippen LogP contribution in [-0.4, -0.2) is 43.5 Å². The fourth-order valence-electron chi connectivity index (χ4n) is 1.49. The fraction of sp³-hybridized carbons (Fsp3) is 0.667. The first kappa shape index (κ1) is 15.6. The molecule has 0 saturated carbocycles. The number of hydrogen-bond donors (Lipinski definition) is 2. The van der Waals surface area contributed by atoms with E-state index in [2.05, 4.69) is 15.4 Å². The van der Waals surface area contributed by atoms with Crippen LogP contribution in [-0.2, 0) is 9.47 Å². The minimum Gasteiger partial charge on any atom is -0.475 e. The first-order valence-electron chi connectivity index (χ1n) is 6.20. The lowest BCUT2D eigenvalue weighted by Crippen LogP contribution is -2.14. The Labute approximate surface area is 113 Å². The normalized spacial score (nSPS) is 10.5. The van der Waals surface area contributed by atoms with E-state index in [1.165, 1.54) is 0 Å². The molecule has 3 N–H and O–H groups in total. The molecule has 0 radical (unpaired) electrons. The molecule has 19 heavy (non-hydrogen) atoms. The van der Waals surface area contributed by atoms with E-state index in [1.807, 2.05) is 6.92 Å². The fourth-order valence-corrected chi connectivity index (χ4v) is 1.49. The first-order valence-corrected chi connectivity index (χ1v) is 6.20. The third kappa shape index (κ3) is 5.37. The summed E-state index contributed by atoms with van der Waals surface area (Å²) in [5.41, 5.74) is 3.31. The average Bonchev–Trinajstić information content (AvgIpc) is 2.41. The molecule has 0 aromatic carbocycles. The second-order valence-electron chi connectivity index (χ2n) is 4.00. The number of nitrogens with zero attached hydrogens (tertiary/aromatic N) is 2. The van der Waals surface area contributed by atoms with E-state index in [-0.39, 0.29) is 0 Å². The Morgan fingerprint density at radius 2 is 1.89 bits per heavy atom. The van der Waals surface area contributed by atoms with Gasteiger partial charge in [-0.15, -0.1) is 0 Å². The maximum absolute atomic E-state index is 5.56. The van der Waals surface area contributed by atoms with Crippen molar-refractivity contribution in [1.82, 2.24) is 9.97 Å². The van der Waals surface area contributed by atoms with Crippen LogP contribution in [0.15, 0.2) is 0 Å². The number of rotatable bonds is 9. The molecule has 0 bridgehead atoms. The lowest BCUT2D eigenvalue weighted by atomic mass is 10.3. The minimum absolute atomic E-state index is 0.439. The number of aryl methyl sites for hydroxylation is 1. The molecule has 0 atom stereocenters. The van der Waals surface area contributed by atoms with Crippen LogP contribution in [0.1, 0.15) is 17.8 Å². The Bertz CT molecular complexity index is 387. The van der Waals surface area contributed by atoms with Crippen molar-refractivity contribution in [3.05, 3.63) is 11.4 Å². The van der Waals surface area contributed by atoms with Gasteiger partial charge in [-0.2, -0.15) is 4.98 Å². The van der Waals surface area contributed by atoms with Gasteiger partial charge < -0.3 is 19.6 Å². The van der Waals surface area contributed by atoms with Gasteiger partial charge in [0.05, 0.1) is 12.2 Å². The van der Waals surface area contributed by atoms with Crippen LogP contribution in [0.5, 0.6) is 5.88 Å². The second-order valence-corrected chi connectivity index (χ2v) is 4.00. The van der Waals surface area contributed by atoms with Gasteiger partial charge in [0.15, 0.2) is 0 Å². The Morgan fingerprint density at radius 1 is 1.11 bits per heavy atom. The van der Waals surface area contributed by atoms with Gasteiger partial charge in [0.2, 0.25) is 5.88 Å². The molecule has 1 aromatic rings. The predicted molar refractivity (Wildman–Crippen MR) is 72.1 cm³/mol. The molecule has 7 heteroatoms. The van der Waals surface area contributed by atoms with Gasteiger partial charge in [0, 0.05) is 20.3 Å². The Morgan fingerprint density at radius 3 is 2.58 bits per heavy atom. The number of nitrogen functional groups attached to an aromatic ring is 1. The van der Waals surface area contributed by atoms with Gasteiger partial charge in [-0.05, 0) is 20.3 Å². The summed E-state index contributed by atoms with van der Waals surface area (Å²) >= 11 is 0. The lowest BCUT2D eigenvalue weighted by molar-refractivity contribution is 0.0793. The summed E-state index contributed by atoms with van der Waals surface area (Å²) in [5.74, 6) is 7.09. The molecule has 0 saturated heterocycles. The van der Waals surface area contributed by atoms with Crippen LogP contribution in [0.4, 0.5) is 5.82 Å². The average molecular weight is 270 g/mol. The molecule has 0 fully saturated rings. The molecule has 1 aromatic heterocycles. The highest BCUT2D eigenvalue weighted by Gasteiger charge is 2.09. The quantitative estimate of drug-likeness (QED) is 0.390. The van der Waals surface area contributed by atoms with Crippen LogP contribution >= 0.6 is 0 Å². The Kier molecular flexibility index (Phi) is 7.09. The number of methoxy groups -OCH3 is 1. The number of anilines is 1. The SMILES string of the molecule is COCCCOCCOc1nc(C)nc(NN)c1C. The first-order chi connectivity index (χ1) is 9.19. The molecule has 0 spiro atoms. The van der Waals surface area contributed by atoms with Gasteiger partial charge in [-0.3, -0.25) is 0 Å². The maximum atomic E-state index is 5.56. The molecular formula is C12H22N4O3. The van der Waals surface area contributed by atoms with E-state index in [9.17, 15) is 0 Å². The summed E-state index contributed by atoms with van der Waals surface area (Å²) < 4.78 is 15.9. The molecular weight excluding hydrogens is 248 g/mol. The predicted octanol–water partition coefficient (Wildman–Crippen LogP) is 0.811. The molecule has 1 rings (SSSR count). The number of hydrazine groups is 1. The van der Waals surface area contributed by atoms with Gasteiger partial charge in [-0.1, -0.05) is 0 Å². The second kappa shape index (κ2) is 8.63. The number of hydrogen-bond acceptors (Lipinski definition) is 7. The lowest BCUT2D eigenvalue weighted by Gasteiger charge is -2.11. The Balaban J connectivity index is 2.35. The zero-order valence-electron chi connectivity index (χ0n) is 11.7. The van der Waals surface area contributed by atoms with E-state index < -0.39 is 0 Å². The number of nitrogens with two attached hydrogens (primary N) is 1. The number of nitrogens with one attached hydrogen (secondary N) is 1. The third-order valence-electron chi connectivity index (χ3n) is 2.45. The molecule has 7 nitrogen and oxygen atoms in total. The van der Waals surface area contributed by atoms with E-state index >= 15 is 0 Å². The molecule has 0 aliphatic rings. The van der Waals surface area contributed by atoms with Crippen LogP contribution in [0, 0.1) is 13.8 Å². The summed E-state index contributed by atoms with van der Waals surface area (Å²) in [4.78, 5) is 8.38. The van der Waals surface area contributed by atoms with Crippen molar-refractivity contribution in [2.75, 3.05) is 39.0 Å². The molecule has 0 aliphatic carbocycles. The maximum Gasteiger partial charge on any atom is 0.221 e. The number of ether oxygens (including phenoxy) is 3. The van der Waals surface area contributed by atoms with E-state index in [1.54, 1.807) is 14.0 Å². The third-order valence-corrected chi connectivity index (χ3v) is 2.45. The van der Waals surface area contributed by atoms with Crippen LogP contribution in [0.25, 0.3) is 0 Å². The highest BCUT2D eigenvalue weighted by atomic mass is 16.5. The molecule has 0 aliphatic heterocycles. The van der Waals surface area contributed by atoms with E-state index in [0.29, 0.717) is 43.9 Å². The Hall–Kier alpha value is -1.44. The number of aromatic nitrogens is 2. The highest BCUT2D eigenvalue weighted by molar-refractivity contribution is 5.47. The smallest absolute Gasteiger partial charge is 0.221 e. The zero-order chi connectivity index (χ0) is 14.1. The minimum atomic E-state index is 0.439. The molecule has 0 amide bonds. The van der Waals surface area contributed by atoms with Gasteiger partial charge >= 0.3 is 0 Å². The summed E-state index contributed by atoms with van der Waals surface area (Å²) in [6, 6.07) is 0. The van der Waals surface area contributed by atoms with Crippen molar-refractivity contribution in [1.29, 1.82) is 0 Å². The van der Waals surface area contributed by atoms with Crippen molar-refractivity contribution in [3.8, 4) is 5.88 Å². The summed E-state index contributed by atoms with van der Waals surface area (Å²) in [7, 11) is 1.67. The van der Waals surface area contributed by atoms with Crippen LogP contribution in [0.2, 0.25) is 0 Å². The van der Waals surface area contributed by atoms with Crippen molar-refractivity contribution in [2.24, 2.45) is 5.84 Å². The van der Waals surface area contributed by atoms with E-state index in [4.69, 9.17) is 20.1 Å². The topological polar surface area (TPSA) is 91.5 Å².